The minimum Gasteiger partial charge on any atom is -0.384 e. The third-order valence-corrected chi connectivity index (χ3v) is 3.59. The number of nitrogens with zero attached hydrogens (tertiary/aromatic N) is 1. The SMILES string of the molecule is CCCN(c1ccc(C(=N)N)c2ccccc12)C(C)C. The molecule has 2 aromatic rings. The van der Waals surface area contributed by atoms with E-state index in [1.165, 1.54) is 11.1 Å². The summed E-state index contributed by atoms with van der Waals surface area (Å²) in [5.74, 6) is 0.124. The van der Waals surface area contributed by atoms with Gasteiger partial charge in [-0.1, -0.05) is 31.2 Å². The van der Waals surface area contributed by atoms with E-state index in [0.29, 0.717) is 6.04 Å². The number of nitrogen functional groups attached to an aromatic ring is 1. The van der Waals surface area contributed by atoms with Gasteiger partial charge in [0.15, 0.2) is 0 Å². The molecule has 0 amide bonds. The van der Waals surface area contributed by atoms with Gasteiger partial charge in [-0.2, -0.15) is 0 Å². The van der Waals surface area contributed by atoms with Crippen LogP contribution < -0.4 is 10.6 Å². The molecule has 0 aliphatic rings. The zero-order valence-electron chi connectivity index (χ0n) is 12.5. The topological polar surface area (TPSA) is 53.1 Å². The van der Waals surface area contributed by atoms with Crippen molar-refractivity contribution < 1.29 is 0 Å². The third-order valence-electron chi connectivity index (χ3n) is 3.59. The molecule has 3 N–H and O–H groups in total. The van der Waals surface area contributed by atoms with Crippen molar-refractivity contribution in [1.82, 2.24) is 0 Å². The molecule has 20 heavy (non-hydrogen) atoms. The number of hydrogen-bond donors (Lipinski definition) is 2. The highest BCUT2D eigenvalue weighted by Crippen LogP contribution is 2.30. The molecular weight excluding hydrogens is 246 g/mol. The third kappa shape index (κ3) is 2.62. The first kappa shape index (κ1) is 14.4. The minimum absolute atomic E-state index is 0.124. The van der Waals surface area contributed by atoms with Crippen LogP contribution in [0.15, 0.2) is 36.4 Å². The van der Waals surface area contributed by atoms with Gasteiger partial charge in [-0.25, -0.2) is 0 Å². The standard InChI is InChI=1S/C17H23N3/c1-4-11-20(12(2)3)16-10-9-15(17(18)19)13-7-5-6-8-14(13)16/h5-10,12H,4,11H2,1-3H3,(H3,18,19). The first-order valence-corrected chi connectivity index (χ1v) is 7.19. The van der Waals surface area contributed by atoms with E-state index in [0.717, 1.165) is 23.9 Å². The summed E-state index contributed by atoms with van der Waals surface area (Å²) in [5.41, 5.74) is 7.73. The molecule has 0 atom stereocenters. The van der Waals surface area contributed by atoms with Gasteiger partial charge in [-0.3, -0.25) is 5.41 Å². The van der Waals surface area contributed by atoms with E-state index in [4.69, 9.17) is 11.1 Å². The molecule has 0 bridgehead atoms. The molecule has 0 aliphatic heterocycles. The fourth-order valence-electron chi connectivity index (χ4n) is 2.67. The van der Waals surface area contributed by atoms with Gasteiger partial charge in [0, 0.05) is 29.2 Å². The Hall–Kier alpha value is -2.03. The zero-order valence-corrected chi connectivity index (χ0v) is 12.5. The van der Waals surface area contributed by atoms with E-state index < -0.39 is 0 Å². The maximum atomic E-state index is 7.72. The van der Waals surface area contributed by atoms with Crippen molar-refractivity contribution in [3.05, 3.63) is 42.0 Å². The Morgan fingerprint density at radius 3 is 2.35 bits per heavy atom. The van der Waals surface area contributed by atoms with Crippen LogP contribution in [0.1, 0.15) is 32.8 Å². The highest BCUT2D eigenvalue weighted by molar-refractivity contribution is 6.10. The fraction of sp³-hybridized carbons (Fsp3) is 0.353. The summed E-state index contributed by atoms with van der Waals surface area (Å²) in [6.45, 7) is 7.65. The van der Waals surface area contributed by atoms with Gasteiger partial charge in [0.25, 0.3) is 0 Å². The summed E-state index contributed by atoms with van der Waals surface area (Å²) in [7, 11) is 0. The van der Waals surface area contributed by atoms with Crippen molar-refractivity contribution >= 4 is 22.3 Å². The number of amidine groups is 1. The molecule has 0 aliphatic carbocycles. The van der Waals surface area contributed by atoms with Crippen molar-refractivity contribution in [2.24, 2.45) is 5.73 Å². The molecule has 0 fully saturated rings. The number of nitrogens with one attached hydrogen (secondary N) is 1. The Morgan fingerprint density at radius 2 is 1.80 bits per heavy atom. The quantitative estimate of drug-likeness (QED) is 0.641. The number of benzene rings is 2. The number of hydrogen-bond acceptors (Lipinski definition) is 2. The summed E-state index contributed by atoms with van der Waals surface area (Å²) in [4.78, 5) is 2.41. The molecule has 0 heterocycles. The average molecular weight is 269 g/mol. The van der Waals surface area contributed by atoms with Crippen LogP contribution in [0.5, 0.6) is 0 Å². The van der Waals surface area contributed by atoms with E-state index in [1.807, 2.05) is 24.3 Å². The Balaban J connectivity index is 2.66. The predicted molar refractivity (Wildman–Crippen MR) is 87.7 cm³/mol. The van der Waals surface area contributed by atoms with Crippen molar-refractivity contribution in [3.63, 3.8) is 0 Å². The second-order valence-electron chi connectivity index (χ2n) is 5.38. The van der Waals surface area contributed by atoms with E-state index in [-0.39, 0.29) is 5.84 Å². The van der Waals surface area contributed by atoms with Crippen LogP contribution in [0.25, 0.3) is 10.8 Å². The van der Waals surface area contributed by atoms with Gasteiger partial charge in [0.1, 0.15) is 5.84 Å². The monoisotopic (exact) mass is 269 g/mol. The highest BCUT2D eigenvalue weighted by Gasteiger charge is 2.14. The van der Waals surface area contributed by atoms with Crippen LogP contribution in [-0.4, -0.2) is 18.4 Å². The second kappa shape index (κ2) is 5.95. The molecule has 0 aromatic heterocycles. The van der Waals surface area contributed by atoms with Crippen molar-refractivity contribution in [2.75, 3.05) is 11.4 Å². The Bertz CT molecular complexity index is 617. The van der Waals surface area contributed by atoms with Crippen molar-refractivity contribution in [1.29, 1.82) is 5.41 Å². The lowest BCUT2D eigenvalue weighted by atomic mass is 10.0. The minimum atomic E-state index is 0.124. The summed E-state index contributed by atoms with van der Waals surface area (Å²) in [6, 6.07) is 12.7. The normalized spacial score (nSPS) is 11.0. The van der Waals surface area contributed by atoms with Crippen LogP contribution in [0, 0.1) is 5.41 Å². The molecule has 3 nitrogen and oxygen atoms in total. The summed E-state index contributed by atoms with van der Waals surface area (Å²) >= 11 is 0. The van der Waals surface area contributed by atoms with Gasteiger partial charge >= 0.3 is 0 Å². The first-order valence-electron chi connectivity index (χ1n) is 7.19. The molecular formula is C17H23N3. The molecule has 106 valence electrons. The average Bonchev–Trinajstić information content (AvgIpc) is 2.43. The van der Waals surface area contributed by atoms with Crippen molar-refractivity contribution in [2.45, 2.75) is 33.2 Å². The highest BCUT2D eigenvalue weighted by atomic mass is 15.1. The molecule has 0 radical (unpaired) electrons. The Kier molecular flexibility index (Phi) is 4.28. The molecule has 0 spiro atoms. The first-order chi connectivity index (χ1) is 9.56. The van der Waals surface area contributed by atoms with Gasteiger partial charge < -0.3 is 10.6 Å². The van der Waals surface area contributed by atoms with E-state index in [2.05, 4.69) is 37.8 Å². The maximum Gasteiger partial charge on any atom is 0.123 e. The van der Waals surface area contributed by atoms with E-state index in [1.54, 1.807) is 0 Å². The van der Waals surface area contributed by atoms with Gasteiger partial charge in [0.2, 0.25) is 0 Å². The van der Waals surface area contributed by atoms with Crippen molar-refractivity contribution in [3.8, 4) is 0 Å². The summed E-state index contributed by atoms with van der Waals surface area (Å²) in [6.07, 6.45) is 1.11. The smallest absolute Gasteiger partial charge is 0.123 e. The van der Waals surface area contributed by atoms with Gasteiger partial charge in [0.05, 0.1) is 0 Å². The molecule has 0 unspecified atom stereocenters. The van der Waals surface area contributed by atoms with Crippen LogP contribution in [0.2, 0.25) is 0 Å². The fourth-order valence-corrected chi connectivity index (χ4v) is 2.67. The van der Waals surface area contributed by atoms with Gasteiger partial charge in [-0.05, 0) is 37.8 Å². The van der Waals surface area contributed by atoms with Crippen LogP contribution in [0.4, 0.5) is 5.69 Å². The number of fused-ring (bicyclic) bond motifs is 1. The molecule has 0 saturated carbocycles. The Morgan fingerprint density at radius 1 is 1.15 bits per heavy atom. The second-order valence-corrected chi connectivity index (χ2v) is 5.38. The molecule has 3 heteroatoms. The predicted octanol–water partition coefficient (Wildman–Crippen LogP) is 3.75. The molecule has 2 aromatic carbocycles. The lowest BCUT2D eigenvalue weighted by molar-refractivity contribution is 0.673. The van der Waals surface area contributed by atoms with E-state index in [9.17, 15) is 0 Å². The van der Waals surface area contributed by atoms with Crippen LogP contribution >= 0.6 is 0 Å². The summed E-state index contributed by atoms with van der Waals surface area (Å²) < 4.78 is 0. The Labute approximate surface area is 120 Å². The maximum absolute atomic E-state index is 7.72. The largest absolute Gasteiger partial charge is 0.384 e. The summed E-state index contributed by atoms with van der Waals surface area (Å²) in [5, 5.41) is 9.95. The number of nitrogens with two attached hydrogens (primary N) is 1. The lowest BCUT2D eigenvalue weighted by Gasteiger charge is -2.30. The number of anilines is 1. The number of rotatable bonds is 5. The van der Waals surface area contributed by atoms with Gasteiger partial charge in [-0.15, -0.1) is 0 Å². The van der Waals surface area contributed by atoms with E-state index >= 15 is 0 Å². The molecule has 2 rings (SSSR count). The van der Waals surface area contributed by atoms with Crippen LogP contribution in [0.3, 0.4) is 0 Å². The zero-order chi connectivity index (χ0) is 14.7. The molecule has 0 saturated heterocycles. The lowest BCUT2D eigenvalue weighted by Crippen LogP contribution is -2.31. The van der Waals surface area contributed by atoms with Crippen LogP contribution in [-0.2, 0) is 0 Å².